The Hall–Kier alpha value is -3.74. The van der Waals surface area contributed by atoms with Crippen molar-refractivity contribution in [2.45, 2.75) is 13.1 Å². The van der Waals surface area contributed by atoms with E-state index in [4.69, 9.17) is 4.42 Å². The van der Waals surface area contributed by atoms with Crippen molar-refractivity contribution in [1.82, 2.24) is 9.88 Å². The Morgan fingerprint density at radius 3 is 2.45 bits per heavy atom. The van der Waals surface area contributed by atoms with Crippen LogP contribution in [-0.2, 0) is 13.1 Å². The van der Waals surface area contributed by atoms with Crippen LogP contribution in [0.25, 0.3) is 32.8 Å². The summed E-state index contributed by atoms with van der Waals surface area (Å²) in [6, 6.07) is 25.2. The van der Waals surface area contributed by atoms with Gasteiger partial charge >= 0.3 is 5.63 Å². The summed E-state index contributed by atoms with van der Waals surface area (Å²) in [6.45, 7) is 1.15. The van der Waals surface area contributed by atoms with E-state index in [0.29, 0.717) is 34.8 Å². The molecule has 0 atom stereocenters. The van der Waals surface area contributed by atoms with Crippen molar-refractivity contribution >= 4 is 22.3 Å². The highest BCUT2D eigenvalue weighted by molar-refractivity contribution is 7.13. The van der Waals surface area contributed by atoms with Gasteiger partial charge in [-0.15, -0.1) is 11.3 Å². The van der Waals surface area contributed by atoms with Crippen LogP contribution in [0.1, 0.15) is 11.1 Å². The third-order valence-corrected chi connectivity index (χ3v) is 6.38. The molecule has 0 fully saturated rings. The molecule has 3 aromatic carbocycles. The van der Waals surface area contributed by atoms with E-state index in [9.17, 15) is 9.90 Å². The zero-order valence-electron chi connectivity index (χ0n) is 18.1. The molecule has 0 spiro atoms. The van der Waals surface area contributed by atoms with Crippen molar-refractivity contribution in [3.05, 3.63) is 106 Å². The van der Waals surface area contributed by atoms with Crippen molar-refractivity contribution in [3.63, 3.8) is 0 Å². The van der Waals surface area contributed by atoms with Gasteiger partial charge in [0.25, 0.3) is 0 Å². The number of benzene rings is 3. The predicted molar refractivity (Wildman–Crippen MR) is 132 cm³/mol. The van der Waals surface area contributed by atoms with E-state index in [0.717, 1.165) is 16.6 Å². The molecule has 0 saturated carbocycles. The lowest BCUT2D eigenvalue weighted by Gasteiger charge is -2.18. The normalized spacial score (nSPS) is 11.3. The Morgan fingerprint density at radius 1 is 0.970 bits per heavy atom. The number of phenolic OH excluding ortho intramolecular Hbond substituents is 1. The first-order valence-electron chi connectivity index (χ1n) is 10.6. The van der Waals surface area contributed by atoms with Gasteiger partial charge in [0.2, 0.25) is 0 Å². The van der Waals surface area contributed by atoms with Crippen LogP contribution in [0.2, 0.25) is 0 Å². The fourth-order valence-electron chi connectivity index (χ4n) is 3.89. The maximum absolute atomic E-state index is 12.9. The van der Waals surface area contributed by atoms with Crippen molar-refractivity contribution in [2.75, 3.05) is 7.05 Å². The number of fused-ring (bicyclic) bond motifs is 1. The van der Waals surface area contributed by atoms with Gasteiger partial charge in [0.1, 0.15) is 16.3 Å². The number of nitrogens with zero attached hydrogens (tertiary/aromatic N) is 2. The van der Waals surface area contributed by atoms with E-state index < -0.39 is 5.63 Å². The van der Waals surface area contributed by atoms with Crippen LogP contribution in [0.15, 0.2) is 93.5 Å². The third-order valence-electron chi connectivity index (χ3n) is 5.51. The van der Waals surface area contributed by atoms with Gasteiger partial charge in [-0.2, -0.15) is 0 Å². The van der Waals surface area contributed by atoms with Crippen LogP contribution in [0.4, 0.5) is 0 Å². The summed E-state index contributed by atoms with van der Waals surface area (Å²) < 4.78 is 5.75. The largest absolute Gasteiger partial charge is 0.507 e. The number of hydrogen-bond donors (Lipinski definition) is 1. The molecule has 0 amide bonds. The van der Waals surface area contributed by atoms with Gasteiger partial charge in [-0.1, -0.05) is 60.7 Å². The third kappa shape index (κ3) is 4.44. The Morgan fingerprint density at radius 2 is 1.70 bits per heavy atom. The van der Waals surface area contributed by atoms with E-state index in [-0.39, 0.29) is 5.75 Å². The first-order valence-corrected chi connectivity index (χ1v) is 11.5. The van der Waals surface area contributed by atoms with Crippen molar-refractivity contribution in [2.24, 2.45) is 0 Å². The van der Waals surface area contributed by atoms with Crippen LogP contribution in [-0.4, -0.2) is 22.0 Å². The lowest BCUT2D eigenvalue weighted by atomic mass is 10.1. The molecule has 0 saturated heterocycles. The number of aromatic hydroxyl groups is 1. The fraction of sp³-hybridized carbons (Fsp3) is 0.111. The number of thiazole rings is 1. The quantitative estimate of drug-likeness (QED) is 0.323. The van der Waals surface area contributed by atoms with Crippen LogP contribution in [0.3, 0.4) is 0 Å². The van der Waals surface area contributed by atoms with Crippen LogP contribution in [0.5, 0.6) is 5.75 Å². The van der Waals surface area contributed by atoms with Gasteiger partial charge < -0.3 is 9.52 Å². The molecule has 6 heteroatoms. The van der Waals surface area contributed by atoms with Crippen LogP contribution >= 0.6 is 11.3 Å². The van der Waals surface area contributed by atoms with E-state index in [1.54, 1.807) is 18.2 Å². The summed E-state index contributed by atoms with van der Waals surface area (Å²) in [5, 5.41) is 13.8. The van der Waals surface area contributed by atoms with Gasteiger partial charge in [0.15, 0.2) is 0 Å². The average Bonchev–Trinajstić information content (AvgIpc) is 3.32. The molecule has 2 aromatic heterocycles. The monoisotopic (exact) mass is 454 g/mol. The van der Waals surface area contributed by atoms with E-state index >= 15 is 0 Å². The number of hydrogen-bond acceptors (Lipinski definition) is 6. The molecule has 5 aromatic rings. The Kier molecular flexibility index (Phi) is 5.77. The van der Waals surface area contributed by atoms with E-state index in [1.165, 1.54) is 16.9 Å². The molecule has 0 aliphatic carbocycles. The zero-order chi connectivity index (χ0) is 22.8. The highest BCUT2D eigenvalue weighted by Crippen LogP contribution is 2.32. The highest BCUT2D eigenvalue weighted by Gasteiger charge is 2.17. The van der Waals surface area contributed by atoms with Gasteiger partial charge in [0.05, 0.1) is 16.8 Å². The predicted octanol–water partition coefficient (Wildman–Crippen LogP) is 5.92. The van der Waals surface area contributed by atoms with Crippen molar-refractivity contribution in [1.29, 1.82) is 0 Å². The molecule has 5 rings (SSSR count). The number of rotatable bonds is 6. The molecule has 0 bridgehead atoms. The van der Waals surface area contributed by atoms with Gasteiger partial charge in [0, 0.05) is 29.4 Å². The summed E-state index contributed by atoms with van der Waals surface area (Å²) in [7, 11) is 1.97. The average molecular weight is 455 g/mol. The van der Waals surface area contributed by atoms with Crippen LogP contribution in [0, 0.1) is 0 Å². The molecular formula is C27H22N2O3S. The Labute approximate surface area is 195 Å². The maximum atomic E-state index is 12.9. The summed E-state index contributed by atoms with van der Waals surface area (Å²) in [5.41, 5.74) is 3.95. The van der Waals surface area contributed by atoms with Crippen molar-refractivity contribution < 1.29 is 9.52 Å². The van der Waals surface area contributed by atoms with Crippen LogP contribution < -0.4 is 5.63 Å². The Balaban J connectivity index is 1.48. The summed E-state index contributed by atoms with van der Waals surface area (Å²) in [5.74, 6) is 0.110. The SMILES string of the molecule is CN(Cc1ccccc1)Cc1c(O)ccc2cc(-c3nc(-c4ccccc4)cs3)c(=O)oc12. The number of aromatic nitrogens is 1. The first-order chi connectivity index (χ1) is 16.1. The smallest absolute Gasteiger partial charge is 0.346 e. The standard InChI is InChI=1S/C27H22N2O3S/c1-29(15-18-8-4-2-5-9-18)16-22-24(30)13-12-20-14-21(27(31)32-25(20)22)26-28-23(17-33-26)19-10-6-3-7-11-19/h2-14,17,30H,15-16H2,1H3. The van der Waals surface area contributed by atoms with Crippen molar-refractivity contribution in [3.8, 4) is 27.6 Å². The molecule has 0 unspecified atom stereocenters. The topological polar surface area (TPSA) is 66.6 Å². The minimum absolute atomic E-state index is 0.110. The zero-order valence-corrected chi connectivity index (χ0v) is 18.9. The lowest BCUT2D eigenvalue weighted by molar-refractivity contribution is 0.312. The molecule has 2 heterocycles. The first kappa shape index (κ1) is 21.1. The number of phenols is 1. The molecule has 5 nitrogen and oxygen atoms in total. The minimum Gasteiger partial charge on any atom is -0.507 e. The molecule has 164 valence electrons. The van der Waals surface area contributed by atoms with E-state index in [2.05, 4.69) is 22.0 Å². The second-order valence-electron chi connectivity index (χ2n) is 7.99. The molecule has 0 aliphatic heterocycles. The van der Waals surface area contributed by atoms with E-state index in [1.807, 2.05) is 61.0 Å². The molecule has 33 heavy (non-hydrogen) atoms. The summed E-state index contributed by atoms with van der Waals surface area (Å²) in [4.78, 5) is 19.7. The van der Waals surface area contributed by atoms with Gasteiger partial charge in [-0.3, -0.25) is 4.90 Å². The summed E-state index contributed by atoms with van der Waals surface area (Å²) >= 11 is 1.41. The molecule has 0 radical (unpaired) electrons. The highest BCUT2D eigenvalue weighted by atomic mass is 32.1. The fourth-order valence-corrected chi connectivity index (χ4v) is 4.73. The molecular weight excluding hydrogens is 432 g/mol. The van der Waals surface area contributed by atoms with Gasteiger partial charge in [-0.25, -0.2) is 9.78 Å². The second-order valence-corrected chi connectivity index (χ2v) is 8.85. The second kappa shape index (κ2) is 9.02. The minimum atomic E-state index is -0.464. The van der Waals surface area contributed by atoms with Gasteiger partial charge in [-0.05, 0) is 30.8 Å². The Bertz CT molecular complexity index is 1460. The molecule has 1 N–H and O–H groups in total. The lowest BCUT2D eigenvalue weighted by Crippen LogP contribution is -2.17. The summed E-state index contributed by atoms with van der Waals surface area (Å²) in [6.07, 6.45) is 0. The maximum Gasteiger partial charge on any atom is 0.346 e. The molecule has 0 aliphatic rings.